The van der Waals surface area contributed by atoms with Gasteiger partial charge in [0.15, 0.2) is 5.16 Å². The zero-order valence-electron chi connectivity index (χ0n) is 10.7. The topological polar surface area (TPSA) is 75.1 Å². The number of hydrogen-bond donors (Lipinski definition) is 2. The summed E-state index contributed by atoms with van der Waals surface area (Å²) in [5.74, 6) is -0.144. The molecule has 1 unspecified atom stereocenters. The highest BCUT2D eigenvalue weighted by Crippen LogP contribution is 2.18. The van der Waals surface area contributed by atoms with Crippen LogP contribution in [0.1, 0.15) is 26.7 Å². The molecule has 2 N–H and O–H groups in total. The van der Waals surface area contributed by atoms with E-state index in [4.69, 9.17) is 0 Å². The molecule has 0 aromatic carbocycles. The second-order valence-corrected chi connectivity index (χ2v) is 5.26. The van der Waals surface area contributed by atoms with Gasteiger partial charge >= 0.3 is 5.97 Å². The summed E-state index contributed by atoms with van der Waals surface area (Å²) in [5, 5.41) is 13.0. The lowest BCUT2D eigenvalue weighted by molar-refractivity contribution is -0.144. The Bertz CT molecular complexity index is 375. The first-order chi connectivity index (χ1) is 8.58. The van der Waals surface area contributed by atoms with Gasteiger partial charge in [-0.3, -0.25) is 4.79 Å². The van der Waals surface area contributed by atoms with Crippen LogP contribution in [0.25, 0.3) is 0 Å². The van der Waals surface area contributed by atoms with Crippen LogP contribution in [-0.4, -0.2) is 38.9 Å². The van der Waals surface area contributed by atoms with Crippen LogP contribution in [-0.2, 0) is 4.79 Å². The molecule has 0 saturated carbocycles. The quantitative estimate of drug-likeness (QED) is 0.553. The van der Waals surface area contributed by atoms with Crippen molar-refractivity contribution in [3.8, 4) is 0 Å². The van der Waals surface area contributed by atoms with Crippen LogP contribution in [0.2, 0.25) is 0 Å². The molecule has 0 aliphatic rings. The van der Waals surface area contributed by atoms with Crippen LogP contribution in [0.5, 0.6) is 0 Å². The average molecular weight is 269 g/mol. The first kappa shape index (κ1) is 14.9. The van der Waals surface area contributed by atoms with Crippen LogP contribution < -0.4 is 5.32 Å². The van der Waals surface area contributed by atoms with Gasteiger partial charge in [-0.05, 0) is 32.4 Å². The van der Waals surface area contributed by atoms with E-state index in [1.54, 1.807) is 25.4 Å². The fourth-order valence-electron chi connectivity index (χ4n) is 1.38. The van der Waals surface area contributed by atoms with Gasteiger partial charge in [0.05, 0.1) is 0 Å². The van der Waals surface area contributed by atoms with Crippen molar-refractivity contribution in [2.45, 2.75) is 37.4 Å². The van der Waals surface area contributed by atoms with Crippen molar-refractivity contribution in [2.75, 3.05) is 12.3 Å². The van der Waals surface area contributed by atoms with Crippen molar-refractivity contribution in [3.05, 3.63) is 18.5 Å². The molecule has 0 spiro atoms. The second-order valence-electron chi connectivity index (χ2n) is 4.19. The van der Waals surface area contributed by atoms with E-state index in [9.17, 15) is 9.90 Å². The zero-order chi connectivity index (χ0) is 13.4. The van der Waals surface area contributed by atoms with Gasteiger partial charge in [0, 0.05) is 18.1 Å². The molecule has 0 aliphatic carbocycles. The van der Waals surface area contributed by atoms with Crippen LogP contribution >= 0.6 is 11.8 Å². The van der Waals surface area contributed by atoms with Crippen molar-refractivity contribution >= 4 is 17.7 Å². The van der Waals surface area contributed by atoms with Gasteiger partial charge in [-0.2, -0.15) is 0 Å². The Balaban J connectivity index is 2.45. The average Bonchev–Trinajstić information content (AvgIpc) is 2.37. The summed E-state index contributed by atoms with van der Waals surface area (Å²) in [4.78, 5) is 19.4. The number of hydrogen-bond acceptors (Lipinski definition) is 5. The number of nitrogens with one attached hydrogen (secondary N) is 1. The number of rotatable bonds is 8. The SMILES string of the molecule is CCCNC(C)(CCSc1ncccn1)C(=O)O. The third kappa shape index (κ3) is 4.62. The largest absolute Gasteiger partial charge is 0.480 e. The summed E-state index contributed by atoms with van der Waals surface area (Å²) in [6, 6.07) is 1.76. The molecule has 1 aromatic rings. The van der Waals surface area contributed by atoms with E-state index in [0.717, 1.165) is 6.42 Å². The lowest BCUT2D eigenvalue weighted by Crippen LogP contribution is -2.50. The number of carboxylic acid groups (broad SMARTS) is 1. The number of aliphatic carboxylic acids is 1. The highest BCUT2D eigenvalue weighted by molar-refractivity contribution is 7.99. The van der Waals surface area contributed by atoms with Crippen molar-refractivity contribution in [2.24, 2.45) is 0 Å². The van der Waals surface area contributed by atoms with E-state index in [0.29, 0.717) is 23.9 Å². The zero-order valence-corrected chi connectivity index (χ0v) is 11.5. The molecule has 1 heterocycles. The standard InChI is InChI=1S/C12H19N3O2S/c1-3-6-15-12(2,10(16)17)5-9-18-11-13-7-4-8-14-11/h4,7-8,15H,3,5-6,9H2,1-2H3,(H,16,17). The maximum Gasteiger partial charge on any atom is 0.323 e. The Hall–Kier alpha value is -1.14. The molecule has 18 heavy (non-hydrogen) atoms. The van der Waals surface area contributed by atoms with Crippen LogP contribution in [0.3, 0.4) is 0 Å². The predicted molar refractivity (Wildman–Crippen MR) is 71.7 cm³/mol. The van der Waals surface area contributed by atoms with Crippen molar-refractivity contribution < 1.29 is 9.90 Å². The van der Waals surface area contributed by atoms with Crippen molar-refractivity contribution in [1.82, 2.24) is 15.3 Å². The van der Waals surface area contributed by atoms with Crippen molar-refractivity contribution in [3.63, 3.8) is 0 Å². The summed E-state index contributed by atoms with van der Waals surface area (Å²) in [6.45, 7) is 4.44. The lowest BCUT2D eigenvalue weighted by Gasteiger charge is -2.25. The Kier molecular flexibility index (Phi) is 6.07. The fraction of sp³-hybridized carbons (Fsp3) is 0.583. The highest BCUT2D eigenvalue weighted by atomic mass is 32.2. The molecule has 0 saturated heterocycles. The summed E-state index contributed by atoms with van der Waals surface area (Å²) in [5.41, 5.74) is -0.877. The lowest BCUT2D eigenvalue weighted by atomic mass is 9.99. The number of nitrogens with zero attached hydrogens (tertiary/aromatic N) is 2. The summed E-state index contributed by atoms with van der Waals surface area (Å²) in [6.07, 6.45) is 4.81. The second kappa shape index (κ2) is 7.33. The molecule has 1 rings (SSSR count). The molecule has 6 heteroatoms. The normalized spacial score (nSPS) is 14.1. The van der Waals surface area contributed by atoms with E-state index in [1.807, 2.05) is 6.92 Å². The predicted octanol–water partition coefficient (Wildman–Crippen LogP) is 1.80. The van der Waals surface area contributed by atoms with Gasteiger partial charge in [0.25, 0.3) is 0 Å². The van der Waals surface area contributed by atoms with Gasteiger partial charge in [0.2, 0.25) is 0 Å². The Morgan fingerprint density at radius 2 is 2.17 bits per heavy atom. The minimum atomic E-state index is -0.877. The third-order valence-corrected chi connectivity index (χ3v) is 3.49. The molecule has 0 radical (unpaired) electrons. The number of aromatic nitrogens is 2. The molecule has 0 aliphatic heterocycles. The van der Waals surface area contributed by atoms with E-state index in [2.05, 4.69) is 15.3 Å². The molecular formula is C12H19N3O2S. The monoisotopic (exact) mass is 269 g/mol. The van der Waals surface area contributed by atoms with Gasteiger partial charge in [0.1, 0.15) is 5.54 Å². The minimum absolute atomic E-state index is 0.533. The van der Waals surface area contributed by atoms with Gasteiger partial charge in [-0.1, -0.05) is 18.7 Å². The van der Waals surface area contributed by atoms with E-state index in [1.165, 1.54) is 11.8 Å². The third-order valence-electron chi connectivity index (χ3n) is 2.61. The molecule has 0 amide bonds. The first-order valence-corrected chi connectivity index (χ1v) is 6.95. The van der Waals surface area contributed by atoms with Gasteiger partial charge in [-0.15, -0.1) is 0 Å². The van der Waals surface area contributed by atoms with E-state index >= 15 is 0 Å². The molecule has 0 bridgehead atoms. The minimum Gasteiger partial charge on any atom is -0.480 e. The molecule has 100 valence electrons. The first-order valence-electron chi connectivity index (χ1n) is 5.97. The number of thioether (sulfide) groups is 1. The molecule has 0 fully saturated rings. The fourth-order valence-corrected chi connectivity index (χ4v) is 2.34. The smallest absolute Gasteiger partial charge is 0.323 e. The summed E-state index contributed by atoms with van der Waals surface area (Å²) in [7, 11) is 0. The van der Waals surface area contributed by atoms with E-state index < -0.39 is 11.5 Å². The van der Waals surface area contributed by atoms with Gasteiger partial charge in [-0.25, -0.2) is 9.97 Å². The Morgan fingerprint density at radius 3 is 2.72 bits per heavy atom. The molecule has 5 nitrogen and oxygen atoms in total. The van der Waals surface area contributed by atoms with E-state index in [-0.39, 0.29) is 0 Å². The maximum atomic E-state index is 11.3. The van der Waals surface area contributed by atoms with Crippen molar-refractivity contribution in [1.29, 1.82) is 0 Å². The Morgan fingerprint density at radius 1 is 1.50 bits per heavy atom. The Labute approximate surface area is 111 Å². The highest BCUT2D eigenvalue weighted by Gasteiger charge is 2.31. The molecule has 1 aromatic heterocycles. The summed E-state index contributed by atoms with van der Waals surface area (Å²) < 4.78 is 0. The summed E-state index contributed by atoms with van der Waals surface area (Å²) >= 11 is 1.47. The van der Waals surface area contributed by atoms with Gasteiger partial charge < -0.3 is 10.4 Å². The van der Waals surface area contributed by atoms with Crippen LogP contribution in [0.4, 0.5) is 0 Å². The molecular weight excluding hydrogens is 250 g/mol. The maximum absolute atomic E-state index is 11.3. The van der Waals surface area contributed by atoms with Crippen LogP contribution in [0.15, 0.2) is 23.6 Å². The molecule has 1 atom stereocenters. The number of carbonyl (C=O) groups is 1. The number of carboxylic acids is 1. The van der Waals surface area contributed by atoms with Crippen LogP contribution in [0, 0.1) is 0 Å².